The molecule has 2 aliphatic rings. The van der Waals surface area contributed by atoms with E-state index >= 15 is 0 Å². The van der Waals surface area contributed by atoms with Crippen molar-refractivity contribution in [1.82, 2.24) is 4.98 Å². The Labute approximate surface area is 299 Å². The van der Waals surface area contributed by atoms with Crippen LogP contribution in [0.1, 0.15) is 80.2 Å². The highest BCUT2D eigenvalue weighted by atomic mass is 32.2. The number of fused-ring (bicyclic) bond motifs is 2. The maximum Gasteiger partial charge on any atom is 0.337 e. The van der Waals surface area contributed by atoms with Gasteiger partial charge in [0.2, 0.25) is 5.69 Å². The van der Waals surface area contributed by atoms with Crippen LogP contribution < -0.4 is 4.90 Å². The lowest BCUT2D eigenvalue weighted by Gasteiger charge is -2.27. The molecular formula is C38H44N3O8S2+. The van der Waals surface area contributed by atoms with Gasteiger partial charge in [0.1, 0.15) is 6.54 Å². The minimum absolute atomic E-state index is 0.0405. The quantitative estimate of drug-likeness (QED) is 0.103. The number of nitrogens with zero attached hydrogens (tertiary/aromatic N) is 3. The lowest BCUT2D eigenvalue weighted by molar-refractivity contribution is -0.437. The Morgan fingerprint density at radius 2 is 1.69 bits per heavy atom. The van der Waals surface area contributed by atoms with E-state index < -0.39 is 37.4 Å². The Balaban J connectivity index is 1.67. The molecule has 51 heavy (non-hydrogen) atoms. The van der Waals surface area contributed by atoms with Crippen LogP contribution in [-0.2, 0) is 31.1 Å². The predicted octanol–water partition coefficient (Wildman–Crippen LogP) is 6.72. The van der Waals surface area contributed by atoms with Crippen LogP contribution in [0.5, 0.6) is 0 Å². The van der Waals surface area contributed by atoms with Gasteiger partial charge in [-0.05, 0) is 81.3 Å². The average Bonchev–Trinajstić information content (AvgIpc) is 3.38. The lowest BCUT2D eigenvalue weighted by Crippen LogP contribution is -2.28. The monoisotopic (exact) mass is 734 g/mol. The zero-order valence-electron chi connectivity index (χ0n) is 29.6. The SMILES string of the molecule is CCC[N+]1=C(/C=C/C(=C/C=C2/N(CCCS(=O)(=O)O)c3ccc(S(=O)(=O)O)cc3C2(C)C)c2ccc(C(=O)O)cn2)C(C)(C)c2cc(C)ccc21. The van der Waals surface area contributed by atoms with Crippen molar-refractivity contribution in [3.05, 3.63) is 113 Å². The predicted molar refractivity (Wildman–Crippen MR) is 198 cm³/mol. The molecule has 0 atom stereocenters. The van der Waals surface area contributed by atoms with Gasteiger partial charge in [0.05, 0.1) is 27.3 Å². The third-order valence-corrected chi connectivity index (χ3v) is 11.2. The summed E-state index contributed by atoms with van der Waals surface area (Å²) in [4.78, 5) is 17.7. The van der Waals surface area contributed by atoms with Gasteiger partial charge in [-0.3, -0.25) is 14.1 Å². The summed E-state index contributed by atoms with van der Waals surface area (Å²) in [6.45, 7) is 13.4. The number of aryl methyl sites for hydroxylation is 1. The van der Waals surface area contributed by atoms with E-state index in [-0.39, 0.29) is 28.8 Å². The van der Waals surface area contributed by atoms with Crippen molar-refractivity contribution in [2.75, 3.05) is 23.7 Å². The van der Waals surface area contributed by atoms with Crippen LogP contribution in [0, 0.1) is 6.92 Å². The van der Waals surface area contributed by atoms with Crippen molar-refractivity contribution in [3.8, 4) is 0 Å². The molecule has 0 bridgehead atoms. The number of carboxylic acid groups (broad SMARTS) is 1. The fourth-order valence-corrected chi connectivity index (χ4v) is 7.97. The van der Waals surface area contributed by atoms with Crippen molar-refractivity contribution in [1.29, 1.82) is 0 Å². The van der Waals surface area contributed by atoms with Crippen LogP contribution in [0.3, 0.4) is 0 Å². The highest BCUT2D eigenvalue weighted by Gasteiger charge is 2.44. The van der Waals surface area contributed by atoms with E-state index in [1.165, 1.54) is 35.5 Å². The zero-order valence-corrected chi connectivity index (χ0v) is 31.2. The van der Waals surface area contributed by atoms with Gasteiger partial charge in [0.15, 0.2) is 5.71 Å². The van der Waals surface area contributed by atoms with E-state index in [1.807, 2.05) is 37.0 Å². The number of hydrogen-bond donors (Lipinski definition) is 3. The van der Waals surface area contributed by atoms with E-state index in [0.29, 0.717) is 28.2 Å². The van der Waals surface area contributed by atoms with Crippen LogP contribution in [0.25, 0.3) is 5.57 Å². The normalized spacial score (nSPS) is 17.8. The summed E-state index contributed by atoms with van der Waals surface area (Å²) in [7, 11) is -8.73. The summed E-state index contributed by atoms with van der Waals surface area (Å²) in [5.74, 6) is -1.57. The number of hydrogen-bond acceptors (Lipinski definition) is 7. The topological polar surface area (TPSA) is 165 Å². The molecule has 0 fully saturated rings. The summed E-state index contributed by atoms with van der Waals surface area (Å²) in [5, 5.41) is 9.52. The van der Waals surface area contributed by atoms with Gasteiger partial charge in [-0.1, -0.05) is 38.5 Å². The van der Waals surface area contributed by atoms with Crippen molar-refractivity contribution < 1.29 is 40.4 Å². The number of aromatic carboxylic acids is 1. The molecule has 5 rings (SSSR count). The minimum Gasteiger partial charge on any atom is -0.478 e. The molecule has 1 aromatic heterocycles. The van der Waals surface area contributed by atoms with Gasteiger partial charge in [0, 0.05) is 59.2 Å². The number of aromatic nitrogens is 1. The molecule has 3 heterocycles. The van der Waals surface area contributed by atoms with Crippen LogP contribution in [0.2, 0.25) is 0 Å². The molecule has 0 unspecified atom stereocenters. The summed E-state index contributed by atoms with van der Waals surface area (Å²) in [6, 6.07) is 13.9. The maximum atomic E-state index is 12.1. The summed E-state index contributed by atoms with van der Waals surface area (Å²) >= 11 is 0. The number of carboxylic acids is 1. The van der Waals surface area contributed by atoms with Gasteiger partial charge in [-0.25, -0.2) is 4.79 Å². The first-order chi connectivity index (χ1) is 23.8. The Bertz CT molecular complexity index is 2230. The molecule has 2 aromatic carbocycles. The third kappa shape index (κ3) is 7.76. The molecule has 13 heteroatoms. The Morgan fingerprint density at radius 1 is 0.961 bits per heavy atom. The first-order valence-electron chi connectivity index (χ1n) is 16.7. The summed E-state index contributed by atoms with van der Waals surface area (Å²) in [5.41, 5.74) is 6.67. The van der Waals surface area contributed by atoms with Crippen LogP contribution in [-0.4, -0.2) is 71.1 Å². The molecule has 3 N–H and O–H groups in total. The Kier molecular flexibility index (Phi) is 10.3. The second kappa shape index (κ2) is 13.9. The first kappa shape index (κ1) is 37.8. The van der Waals surface area contributed by atoms with Crippen molar-refractivity contribution in [2.45, 2.75) is 70.1 Å². The van der Waals surface area contributed by atoms with Gasteiger partial charge >= 0.3 is 5.97 Å². The number of pyridine rings is 1. The highest BCUT2D eigenvalue weighted by molar-refractivity contribution is 7.86. The fraction of sp³-hybridized carbons (Fsp3) is 0.342. The highest BCUT2D eigenvalue weighted by Crippen LogP contribution is 2.49. The molecule has 0 saturated heterocycles. The molecule has 270 valence electrons. The number of rotatable bonds is 12. The average molecular weight is 735 g/mol. The van der Waals surface area contributed by atoms with Gasteiger partial charge < -0.3 is 10.0 Å². The molecule has 3 aromatic rings. The van der Waals surface area contributed by atoms with E-state index in [1.54, 1.807) is 12.1 Å². The third-order valence-electron chi connectivity index (χ3n) is 9.59. The van der Waals surface area contributed by atoms with E-state index in [4.69, 9.17) is 0 Å². The molecule has 11 nitrogen and oxygen atoms in total. The lowest BCUT2D eigenvalue weighted by atomic mass is 9.80. The molecule has 0 aliphatic carbocycles. The number of anilines is 1. The fourth-order valence-electron chi connectivity index (χ4n) is 6.97. The molecule has 0 amide bonds. The second-order valence-corrected chi connectivity index (χ2v) is 17.0. The largest absolute Gasteiger partial charge is 0.478 e. The molecule has 0 spiro atoms. The summed E-state index contributed by atoms with van der Waals surface area (Å²) < 4.78 is 68.9. The van der Waals surface area contributed by atoms with Crippen LogP contribution in [0.15, 0.2) is 89.6 Å². The van der Waals surface area contributed by atoms with Gasteiger partial charge in [-0.2, -0.15) is 21.4 Å². The van der Waals surface area contributed by atoms with Crippen molar-refractivity contribution in [3.63, 3.8) is 0 Å². The van der Waals surface area contributed by atoms with E-state index in [9.17, 15) is 35.8 Å². The zero-order chi connectivity index (χ0) is 37.5. The number of allylic oxidation sites excluding steroid dienone is 6. The van der Waals surface area contributed by atoms with Gasteiger partial charge in [-0.15, -0.1) is 0 Å². The van der Waals surface area contributed by atoms with Crippen molar-refractivity contribution in [2.24, 2.45) is 0 Å². The van der Waals surface area contributed by atoms with Crippen molar-refractivity contribution >= 4 is 48.9 Å². The van der Waals surface area contributed by atoms with Gasteiger partial charge in [0.25, 0.3) is 20.2 Å². The second-order valence-electron chi connectivity index (χ2n) is 14.0. The standard InChI is InChI=1S/C38H43N3O8S2/c1-7-19-40-32-15-9-25(2)22-29(32)37(3,4)34(40)17-11-26(31-14-10-27(24-39-31)36(42)43)12-18-35-38(5,6)30-23-28(51(47,48)49)13-16-33(30)41(35)20-8-21-50(44,45)46/h9-18,22-24H,7-8,19-21H2,1-6H3,(H2-,42,43,44,45,46,47,48,49)/p+1. The molecular weight excluding hydrogens is 691 g/mol. The molecule has 0 saturated carbocycles. The Morgan fingerprint density at radius 3 is 2.29 bits per heavy atom. The summed E-state index contributed by atoms with van der Waals surface area (Å²) in [6.07, 6.45) is 10.0. The smallest absolute Gasteiger partial charge is 0.337 e. The Hall–Kier alpha value is -4.43. The maximum absolute atomic E-state index is 12.1. The molecule has 2 aliphatic heterocycles. The molecule has 0 radical (unpaired) electrons. The van der Waals surface area contributed by atoms with E-state index in [2.05, 4.69) is 61.5 Å². The number of benzene rings is 2. The van der Waals surface area contributed by atoms with Crippen LogP contribution >= 0.6 is 0 Å². The van der Waals surface area contributed by atoms with Crippen LogP contribution in [0.4, 0.5) is 11.4 Å². The minimum atomic E-state index is -4.50. The van der Waals surface area contributed by atoms with E-state index in [0.717, 1.165) is 24.4 Å². The first-order valence-corrected chi connectivity index (χ1v) is 19.7. The number of carbonyl (C=O) groups is 1.